The van der Waals surface area contributed by atoms with E-state index < -0.39 is 11.2 Å². The highest BCUT2D eigenvalue weighted by molar-refractivity contribution is 5.69. The van der Waals surface area contributed by atoms with Gasteiger partial charge in [-0.1, -0.05) is 0 Å². The molecule has 0 saturated carbocycles. The molecule has 0 saturated heterocycles. The lowest BCUT2D eigenvalue weighted by Gasteiger charge is -1.99. The minimum atomic E-state index is -0.521. The van der Waals surface area contributed by atoms with E-state index in [4.69, 9.17) is 5.11 Å². The molecule has 7 nitrogen and oxygen atoms in total. The third-order valence-electron chi connectivity index (χ3n) is 2.15. The lowest BCUT2D eigenvalue weighted by atomic mass is 10.5. The van der Waals surface area contributed by atoms with Crippen molar-refractivity contribution in [2.75, 3.05) is 0 Å². The second kappa shape index (κ2) is 3.35. The number of aliphatic hydroxyl groups is 1. The van der Waals surface area contributed by atoms with Gasteiger partial charge in [0.1, 0.15) is 17.9 Å². The first kappa shape index (κ1) is 9.66. The number of aromatic nitrogens is 4. The van der Waals surface area contributed by atoms with Crippen molar-refractivity contribution >= 4 is 11.2 Å². The van der Waals surface area contributed by atoms with Crippen molar-refractivity contribution in [2.24, 2.45) is 0 Å². The number of nitrogens with one attached hydrogen (secondary N) is 2. The minimum Gasteiger partial charge on any atom is -0.388 e. The summed E-state index contributed by atoms with van der Waals surface area (Å²) in [6.07, 6.45) is 0. The summed E-state index contributed by atoms with van der Waals surface area (Å²) in [4.78, 5) is 31.5. The van der Waals surface area contributed by atoms with E-state index in [0.29, 0.717) is 6.54 Å². The molecule has 2 aromatic rings. The molecule has 0 aliphatic heterocycles. The Morgan fingerprint density at radius 2 is 2.13 bits per heavy atom. The van der Waals surface area contributed by atoms with Crippen LogP contribution in [0.5, 0.6) is 0 Å². The summed E-state index contributed by atoms with van der Waals surface area (Å²) in [6.45, 7) is 1.88. The van der Waals surface area contributed by atoms with Gasteiger partial charge in [-0.05, 0) is 6.92 Å². The quantitative estimate of drug-likeness (QED) is 0.586. The number of hydrogen-bond acceptors (Lipinski definition) is 4. The van der Waals surface area contributed by atoms with Gasteiger partial charge in [-0.3, -0.25) is 14.3 Å². The summed E-state index contributed by atoms with van der Waals surface area (Å²) in [5.74, 6) is 0.267. The summed E-state index contributed by atoms with van der Waals surface area (Å²) in [6, 6.07) is 0. The molecule has 0 spiro atoms. The van der Waals surface area contributed by atoms with E-state index in [9.17, 15) is 9.59 Å². The molecule has 0 bridgehead atoms. The fourth-order valence-electron chi connectivity index (χ4n) is 1.46. The Morgan fingerprint density at radius 3 is 2.73 bits per heavy atom. The molecule has 0 radical (unpaired) electrons. The second-order valence-corrected chi connectivity index (χ2v) is 3.04. The summed E-state index contributed by atoms with van der Waals surface area (Å²) < 4.78 is 1.33. The second-order valence-electron chi connectivity index (χ2n) is 3.04. The monoisotopic (exact) mass is 210 g/mol. The van der Waals surface area contributed by atoms with Crippen LogP contribution < -0.4 is 11.2 Å². The molecule has 2 rings (SSSR count). The van der Waals surface area contributed by atoms with Crippen LogP contribution in [0.2, 0.25) is 0 Å². The maximum atomic E-state index is 11.4. The van der Waals surface area contributed by atoms with Crippen LogP contribution in [-0.4, -0.2) is 24.6 Å². The zero-order valence-corrected chi connectivity index (χ0v) is 8.07. The smallest absolute Gasteiger partial charge is 0.330 e. The highest BCUT2D eigenvalue weighted by Gasteiger charge is 2.10. The highest BCUT2D eigenvalue weighted by Crippen LogP contribution is 2.04. The topological polar surface area (TPSA) is 104 Å². The van der Waals surface area contributed by atoms with Crippen molar-refractivity contribution < 1.29 is 5.11 Å². The molecular formula is C8H10N4O3. The van der Waals surface area contributed by atoms with E-state index in [-0.39, 0.29) is 23.6 Å². The highest BCUT2D eigenvalue weighted by atomic mass is 16.3. The Kier molecular flexibility index (Phi) is 2.16. The zero-order chi connectivity index (χ0) is 11.0. The average molecular weight is 210 g/mol. The molecule has 0 atom stereocenters. The fraction of sp³-hybridized carbons (Fsp3) is 0.375. The molecular weight excluding hydrogens is 200 g/mol. The number of H-pyrrole nitrogens is 2. The van der Waals surface area contributed by atoms with Gasteiger partial charge in [0.15, 0.2) is 5.65 Å². The van der Waals surface area contributed by atoms with Crippen molar-refractivity contribution in [1.29, 1.82) is 0 Å². The van der Waals surface area contributed by atoms with Gasteiger partial charge in [0.05, 0.1) is 0 Å². The van der Waals surface area contributed by atoms with Crippen molar-refractivity contribution in [3.05, 3.63) is 26.7 Å². The summed E-state index contributed by atoms with van der Waals surface area (Å²) in [5.41, 5.74) is -0.534. The van der Waals surface area contributed by atoms with Crippen LogP contribution in [0.3, 0.4) is 0 Å². The van der Waals surface area contributed by atoms with Gasteiger partial charge >= 0.3 is 5.69 Å². The van der Waals surface area contributed by atoms with Crippen LogP contribution in [-0.2, 0) is 13.2 Å². The lowest BCUT2D eigenvalue weighted by molar-refractivity contribution is 0.273. The number of fused-ring (bicyclic) bond motifs is 1. The van der Waals surface area contributed by atoms with Crippen molar-refractivity contribution in [3.8, 4) is 0 Å². The molecule has 0 aromatic carbocycles. The van der Waals surface area contributed by atoms with Gasteiger partial charge in [0, 0.05) is 6.54 Å². The molecule has 2 heterocycles. The molecule has 2 aromatic heterocycles. The summed E-state index contributed by atoms with van der Waals surface area (Å²) in [5, 5.41) is 8.87. The Bertz CT molecular complexity index is 606. The molecule has 0 aliphatic carbocycles. The van der Waals surface area contributed by atoms with Crippen LogP contribution in [0.15, 0.2) is 9.59 Å². The first-order valence-electron chi connectivity index (χ1n) is 4.50. The third kappa shape index (κ3) is 1.37. The van der Waals surface area contributed by atoms with Crippen molar-refractivity contribution in [3.63, 3.8) is 0 Å². The maximum absolute atomic E-state index is 11.4. The number of nitrogens with zero attached hydrogens (tertiary/aromatic N) is 2. The molecule has 0 aliphatic rings. The van der Waals surface area contributed by atoms with Crippen LogP contribution in [0, 0.1) is 0 Å². The molecule has 0 unspecified atom stereocenters. The Balaban J connectivity index is 2.94. The largest absolute Gasteiger partial charge is 0.388 e. The Labute approximate surface area is 83.4 Å². The van der Waals surface area contributed by atoms with E-state index >= 15 is 0 Å². The number of imidazole rings is 1. The van der Waals surface area contributed by atoms with E-state index in [1.54, 1.807) is 6.92 Å². The molecule has 15 heavy (non-hydrogen) atoms. The maximum Gasteiger partial charge on any atom is 0.330 e. The predicted octanol–water partition coefficient (Wildman–Crippen LogP) is -1.07. The molecule has 3 N–H and O–H groups in total. The van der Waals surface area contributed by atoms with Gasteiger partial charge in [0.2, 0.25) is 0 Å². The molecule has 0 amide bonds. The summed E-state index contributed by atoms with van der Waals surface area (Å²) in [7, 11) is 0. The predicted molar refractivity (Wildman–Crippen MR) is 52.6 cm³/mol. The summed E-state index contributed by atoms with van der Waals surface area (Å²) >= 11 is 0. The van der Waals surface area contributed by atoms with Gasteiger partial charge < -0.3 is 10.1 Å². The number of aromatic amines is 2. The number of rotatable bonds is 2. The van der Waals surface area contributed by atoms with Gasteiger partial charge in [0.25, 0.3) is 5.56 Å². The normalized spacial score (nSPS) is 11.1. The Morgan fingerprint density at radius 1 is 1.40 bits per heavy atom. The average Bonchev–Trinajstić information content (AvgIpc) is 2.62. The number of hydrogen-bond donors (Lipinski definition) is 3. The van der Waals surface area contributed by atoms with Crippen LogP contribution in [0.1, 0.15) is 12.7 Å². The Hall–Kier alpha value is -1.89. The van der Waals surface area contributed by atoms with Crippen molar-refractivity contribution in [2.45, 2.75) is 20.1 Å². The molecule has 7 heteroatoms. The van der Waals surface area contributed by atoms with Gasteiger partial charge in [-0.15, -0.1) is 0 Å². The standard InChI is InChI=1S/C8H10N4O3/c1-2-12-6-5(7(14)11-8(12)15)9-4(3-13)10-6/h13H,2-3H2,1H3,(H,9,10)(H,11,14,15). The van der Waals surface area contributed by atoms with E-state index in [0.717, 1.165) is 0 Å². The zero-order valence-electron chi connectivity index (χ0n) is 8.07. The molecule has 0 fully saturated rings. The van der Waals surface area contributed by atoms with E-state index in [1.807, 2.05) is 0 Å². The fourth-order valence-corrected chi connectivity index (χ4v) is 1.46. The lowest BCUT2D eigenvalue weighted by Crippen LogP contribution is -2.29. The van der Waals surface area contributed by atoms with E-state index in [1.165, 1.54) is 4.57 Å². The van der Waals surface area contributed by atoms with Crippen molar-refractivity contribution in [1.82, 2.24) is 19.5 Å². The van der Waals surface area contributed by atoms with Crippen LogP contribution >= 0.6 is 0 Å². The molecule has 80 valence electrons. The van der Waals surface area contributed by atoms with Gasteiger partial charge in [-0.25, -0.2) is 9.78 Å². The van der Waals surface area contributed by atoms with Gasteiger partial charge in [-0.2, -0.15) is 0 Å². The van der Waals surface area contributed by atoms with Crippen LogP contribution in [0.25, 0.3) is 11.2 Å². The number of aliphatic hydroxyl groups excluding tert-OH is 1. The first-order valence-corrected chi connectivity index (χ1v) is 4.50. The SMILES string of the molecule is CCn1c(=O)[nH]c(=O)c2[nH]c(CO)nc21. The third-order valence-corrected chi connectivity index (χ3v) is 2.15. The van der Waals surface area contributed by atoms with E-state index in [2.05, 4.69) is 15.0 Å². The number of aryl methyl sites for hydroxylation is 1. The van der Waals surface area contributed by atoms with Crippen LogP contribution in [0.4, 0.5) is 0 Å². The minimum absolute atomic E-state index is 0.209. The first-order chi connectivity index (χ1) is 7.17.